The van der Waals surface area contributed by atoms with Crippen molar-refractivity contribution in [2.24, 2.45) is 0 Å². The van der Waals surface area contributed by atoms with Crippen molar-refractivity contribution in [3.05, 3.63) is 47.3 Å². The first kappa shape index (κ1) is 14.2. The van der Waals surface area contributed by atoms with Crippen LogP contribution in [0.25, 0.3) is 0 Å². The van der Waals surface area contributed by atoms with Gasteiger partial charge < -0.3 is 10.2 Å². The Morgan fingerprint density at radius 2 is 2.15 bits per heavy atom. The van der Waals surface area contributed by atoms with Gasteiger partial charge in [-0.1, -0.05) is 24.3 Å². The molecule has 0 spiro atoms. The van der Waals surface area contributed by atoms with Crippen LogP contribution in [0.1, 0.15) is 27.7 Å². The highest BCUT2D eigenvalue weighted by atomic mass is 16.2. The van der Waals surface area contributed by atoms with Gasteiger partial charge in [0, 0.05) is 6.54 Å². The van der Waals surface area contributed by atoms with Crippen LogP contribution in [0.4, 0.5) is 0 Å². The molecular formula is C14H19N5O. The molecule has 2 rings (SSSR count). The summed E-state index contributed by atoms with van der Waals surface area (Å²) in [4.78, 5) is 14.0. The van der Waals surface area contributed by atoms with Crippen molar-refractivity contribution in [2.45, 2.75) is 13.0 Å². The minimum absolute atomic E-state index is 0.118. The summed E-state index contributed by atoms with van der Waals surface area (Å²) < 4.78 is 0. The summed E-state index contributed by atoms with van der Waals surface area (Å²) >= 11 is 0. The average Bonchev–Trinajstić information content (AvgIpc) is 2.94. The number of aromatic amines is 1. The SMILES string of the molecule is Cc1ccccc1C(CNC(=O)c1cn[nH]n1)N(C)C. The number of rotatable bonds is 5. The highest BCUT2D eigenvalue weighted by Crippen LogP contribution is 2.20. The fraction of sp³-hybridized carbons (Fsp3) is 0.357. The monoisotopic (exact) mass is 273 g/mol. The Balaban J connectivity index is 2.08. The third kappa shape index (κ3) is 3.21. The molecule has 0 fully saturated rings. The Hall–Kier alpha value is -2.21. The average molecular weight is 273 g/mol. The van der Waals surface area contributed by atoms with E-state index in [-0.39, 0.29) is 11.9 Å². The number of hydrogen-bond donors (Lipinski definition) is 2. The number of nitrogens with zero attached hydrogens (tertiary/aromatic N) is 3. The minimum atomic E-state index is -0.223. The molecule has 0 radical (unpaired) electrons. The van der Waals surface area contributed by atoms with Crippen LogP contribution in [0.2, 0.25) is 0 Å². The van der Waals surface area contributed by atoms with Gasteiger partial charge >= 0.3 is 0 Å². The van der Waals surface area contributed by atoms with Gasteiger partial charge in [-0.15, -0.1) is 0 Å². The summed E-state index contributed by atoms with van der Waals surface area (Å²) in [6.45, 7) is 2.59. The molecule has 1 amide bonds. The molecule has 0 saturated carbocycles. The van der Waals surface area contributed by atoms with Crippen molar-refractivity contribution in [1.29, 1.82) is 0 Å². The Morgan fingerprint density at radius 1 is 1.40 bits per heavy atom. The van der Waals surface area contributed by atoms with Crippen molar-refractivity contribution in [1.82, 2.24) is 25.6 Å². The number of aromatic nitrogens is 3. The van der Waals surface area contributed by atoms with E-state index in [1.54, 1.807) is 0 Å². The first-order valence-corrected chi connectivity index (χ1v) is 6.45. The second-order valence-corrected chi connectivity index (χ2v) is 4.90. The predicted octanol–water partition coefficient (Wildman–Crippen LogP) is 1.15. The highest BCUT2D eigenvalue weighted by molar-refractivity contribution is 5.91. The van der Waals surface area contributed by atoms with E-state index in [9.17, 15) is 4.79 Å². The van der Waals surface area contributed by atoms with Gasteiger partial charge in [-0.05, 0) is 32.1 Å². The normalized spacial score (nSPS) is 12.4. The molecule has 1 unspecified atom stereocenters. The van der Waals surface area contributed by atoms with Crippen molar-refractivity contribution >= 4 is 5.91 Å². The van der Waals surface area contributed by atoms with Crippen molar-refractivity contribution in [3.63, 3.8) is 0 Å². The second-order valence-electron chi connectivity index (χ2n) is 4.90. The molecule has 20 heavy (non-hydrogen) atoms. The first-order valence-electron chi connectivity index (χ1n) is 6.45. The molecule has 0 aliphatic carbocycles. The summed E-state index contributed by atoms with van der Waals surface area (Å²) in [7, 11) is 4.00. The van der Waals surface area contributed by atoms with Crippen molar-refractivity contribution < 1.29 is 4.79 Å². The lowest BCUT2D eigenvalue weighted by Crippen LogP contribution is -2.35. The first-order chi connectivity index (χ1) is 9.59. The van der Waals surface area contributed by atoms with Crippen molar-refractivity contribution in [3.8, 4) is 0 Å². The lowest BCUT2D eigenvalue weighted by atomic mass is 10.0. The summed E-state index contributed by atoms with van der Waals surface area (Å²) in [6.07, 6.45) is 1.41. The zero-order valence-corrected chi connectivity index (χ0v) is 11.9. The smallest absolute Gasteiger partial charge is 0.273 e. The topological polar surface area (TPSA) is 73.9 Å². The molecule has 0 bridgehead atoms. The molecular weight excluding hydrogens is 254 g/mol. The maximum absolute atomic E-state index is 11.9. The number of carbonyl (C=O) groups excluding carboxylic acids is 1. The van der Waals surface area contributed by atoms with E-state index >= 15 is 0 Å². The molecule has 1 aromatic carbocycles. The summed E-state index contributed by atoms with van der Waals surface area (Å²) in [5.74, 6) is -0.223. The van der Waals surface area contributed by atoms with E-state index in [1.165, 1.54) is 17.3 Å². The number of amides is 1. The molecule has 0 aliphatic rings. The van der Waals surface area contributed by atoms with Gasteiger partial charge in [-0.3, -0.25) is 4.79 Å². The number of likely N-dealkylation sites (N-methyl/N-ethyl adjacent to an activating group) is 1. The Morgan fingerprint density at radius 3 is 2.75 bits per heavy atom. The van der Waals surface area contributed by atoms with E-state index in [4.69, 9.17) is 0 Å². The van der Waals surface area contributed by atoms with Crippen molar-refractivity contribution in [2.75, 3.05) is 20.6 Å². The fourth-order valence-corrected chi connectivity index (χ4v) is 2.12. The minimum Gasteiger partial charge on any atom is -0.349 e. The third-order valence-electron chi connectivity index (χ3n) is 3.27. The summed E-state index contributed by atoms with van der Waals surface area (Å²) in [6, 6.07) is 8.30. The van der Waals surface area contributed by atoms with Gasteiger partial charge in [0.25, 0.3) is 5.91 Å². The van der Waals surface area contributed by atoms with Gasteiger partial charge in [-0.2, -0.15) is 15.4 Å². The van der Waals surface area contributed by atoms with Crippen LogP contribution in [0.3, 0.4) is 0 Å². The number of carbonyl (C=O) groups is 1. The third-order valence-corrected chi connectivity index (χ3v) is 3.27. The summed E-state index contributed by atoms with van der Waals surface area (Å²) in [5, 5.41) is 12.7. The second kappa shape index (κ2) is 6.29. The van der Waals surface area contributed by atoms with Crippen LogP contribution in [-0.2, 0) is 0 Å². The molecule has 1 heterocycles. The Bertz CT molecular complexity index is 565. The number of aryl methyl sites for hydroxylation is 1. The lowest BCUT2D eigenvalue weighted by molar-refractivity contribution is 0.0936. The Labute approximate surface area is 118 Å². The molecule has 1 aromatic heterocycles. The Kier molecular flexibility index (Phi) is 4.47. The predicted molar refractivity (Wildman–Crippen MR) is 76.3 cm³/mol. The maximum Gasteiger partial charge on any atom is 0.273 e. The lowest BCUT2D eigenvalue weighted by Gasteiger charge is -2.26. The maximum atomic E-state index is 11.9. The standard InChI is InChI=1S/C14H19N5O/c1-10-6-4-5-7-11(10)13(19(2)3)9-15-14(20)12-8-16-18-17-12/h4-8,13H,9H2,1-3H3,(H,15,20)(H,16,17,18). The molecule has 2 N–H and O–H groups in total. The van der Waals surface area contributed by atoms with Crippen LogP contribution >= 0.6 is 0 Å². The largest absolute Gasteiger partial charge is 0.349 e. The van der Waals surface area contributed by atoms with Gasteiger partial charge in [0.2, 0.25) is 0 Å². The van der Waals surface area contributed by atoms with E-state index in [0.29, 0.717) is 12.2 Å². The number of hydrogen-bond acceptors (Lipinski definition) is 4. The van der Waals surface area contributed by atoms with Gasteiger partial charge in [0.1, 0.15) is 0 Å². The van der Waals surface area contributed by atoms with E-state index < -0.39 is 0 Å². The number of nitrogens with one attached hydrogen (secondary N) is 2. The molecule has 106 valence electrons. The highest BCUT2D eigenvalue weighted by Gasteiger charge is 2.18. The quantitative estimate of drug-likeness (QED) is 0.857. The van der Waals surface area contributed by atoms with Crippen LogP contribution in [0, 0.1) is 6.92 Å². The van der Waals surface area contributed by atoms with E-state index in [0.717, 1.165) is 0 Å². The van der Waals surface area contributed by atoms with Crippen LogP contribution in [-0.4, -0.2) is 46.9 Å². The van der Waals surface area contributed by atoms with Crippen LogP contribution in [0.15, 0.2) is 30.5 Å². The molecule has 0 aliphatic heterocycles. The zero-order chi connectivity index (χ0) is 14.5. The number of H-pyrrole nitrogens is 1. The fourth-order valence-electron chi connectivity index (χ4n) is 2.12. The van der Waals surface area contributed by atoms with Crippen LogP contribution < -0.4 is 5.32 Å². The van der Waals surface area contributed by atoms with E-state index in [1.807, 2.05) is 26.2 Å². The van der Waals surface area contributed by atoms with Crippen LogP contribution in [0.5, 0.6) is 0 Å². The molecule has 2 aromatic rings. The number of benzene rings is 1. The molecule has 6 nitrogen and oxygen atoms in total. The van der Waals surface area contributed by atoms with E-state index in [2.05, 4.69) is 44.7 Å². The summed E-state index contributed by atoms with van der Waals surface area (Å²) in [5.41, 5.74) is 2.71. The zero-order valence-electron chi connectivity index (χ0n) is 11.9. The van der Waals surface area contributed by atoms with Gasteiger partial charge in [0.15, 0.2) is 5.69 Å². The molecule has 1 atom stereocenters. The van der Waals surface area contributed by atoms with Gasteiger partial charge in [0.05, 0.1) is 12.2 Å². The molecule has 6 heteroatoms. The molecule has 0 saturated heterocycles. The van der Waals surface area contributed by atoms with Gasteiger partial charge in [-0.25, -0.2) is 0 Å².